The highest BCUT2D eigenvalue weighted by atomic mass is 79.9. The summed E-state index contributed by atoms with van der Waals surface area (Å²) in [5.74, 6) is 0.0408. The fraction of sp³-hybridized carbons (Fsp3) is 0.636. The van der Waals surface area contributed by atoms with Crippen LogP contribution in [-0.4, -0.2) is 22.1 Å². The van der Waals surface area contributed by atoms with Gasteiger partial charge in [-0.15, -0.1) is 0 Å². The molecule has 0 aromatic carbocycles. The van der Waals surface area contributed by atoms with Crippen LogP contribution in [0.5, 0.6) is 0 Å². The maximum atomic E-state index is 12.2. The van der Waals surface area contributed by atoms with Crippen molar-refractivity contribution in [1.29, 1.82) is 0 Å². The largest absolute Gasteiger partial charge is 0.330 e. The monoisotopic (exact) mass is 287 g/mol. The van der Waals surface area contributed by atoms with Crippen molar-refractivity contribution in [2.24, 2.45) is 11.7 Å². The van der Waals surface area contributed by atoms with E-state index in [0.717, 1.165) is 4.47 Å². The van der Waals surface area contributed by atoms with Gasteiger partial charge in [-0.2, -0.15) is 5.10 Å². The van der Waals surface area contributed by atoms with Crippen LogP contribution in [0.4, 0.5) is 0 Å². The molecule has 90 valence electrons. The average Bonchev–Trinajstić information content (AvgIpc) is 2.59. The predicted molar refractivity (Wildman–Crippen MR) is 67.5 cm³/mol. The maximum absolute atomic E-state index is 12.2. The minimum absolute atomic E-state index is 0.0597. The number of halogens is 1. The van der Waals surface area contributed by atoms with Gasteiger partial charge in [-0.1, -0.05) is 6.92 Å². The fourth-order valence-corrected chi connectivity index (χ4v) is 2.05. The third-order valence-electron chi connectivity index (χ3n) is 2.52. The Balaban J connectivity index is 3.02. The Hall–Kier alpha value is -0.680. The van der Waals surface area contributed by atoms with Crippen molar-refractivity contribution in [1.82, 2.24) is 9.78 Å². The number of aromatic nitrogens is 2. The quantitative estimate of drug-likeness (QED) is 0.846. The number of carbonyl (C=O) groups excluding carboxylic acids is 1. The number of rotatable bonds is 5. The zero-order valence-electron chi connectivity index (χ0n) is 9.90. The molecule has 0 aliphatic carbocycles. The van der Waals surface area contributed by atoms with Crippen molar-refractivity contribution < 1.29 is 4.79 Å². The van der Waals surface area contributed by atoms with Gasteiger partial charge < -0.3 is 5.73 Å². The van der Waals surface area contributed by atoms with Gasteiger partial charge in [0.25, 0.3) is 0 Å². The average molecular weight is 288 g/mol. The number of Topliss-reactive ketones (excluding diaryl/α,β-unsaturated/α-hetero) is 1. The van der Waals surface area contributed by atoms with Crippen LogP contribution < -0.4 is 5.73 Å². The highest BCUT2D eigenvalue weighted by Crippen LogP contribution is 2.23. The zero-order valence-corrected chi connectivity index (χ0v) is 11.5. The van der Waals surface area contributed by atoms with E-state index in [0.29, 0.717) is 18.7 Å². The first-order valence-corrected chi connectivity index (χ1v) is 6.25. The van der Waals surface area contributed by atoms with Gasteiger partial charge in [0.15, 0.2) is 5.78 Å². The van der Waals surface area contributed by atoms with E-state index in [1.807, 2.05) is 20.8 Å². The molecule has 0 radical (unpaired) electrons. The molecule has 0 aliphatic heterocycles. The number of hydrogen-bond donors (Lipinski definition) is 1. The molecule has 5 heteroatoms. The molecule has 0 amide bonds. The summed E-state index contributed by atoms with van der Waals surface area (Å²) >= 11 is 3.37. The highest BCUT2D eigenvalue weighted by molar-refractivity contribution is 9.10. The van der Waals surface area contributed by atoms with E-state index in [1.165, 1.54) is 0 Å². The van der Waals surface area contributed by atoms with E-state index in [2.05, 4.69) is 21.0 Å². The lowest BCUT2D eigenvalue weighted by molar-refractivity contribution is 0.0911. The zero-order chi connectivity index (χ0) is 12.3. The third-order valence-corrected chi connectivity index (χ3v) is 3.10. The van der Waals surface area contributed by atoms with E-state index in [-0.39, 0.29) is 17.7 Å². The van der Waals surface area contributed by atoms with Gasteiger partial charge in [0.2, 0.25) is 0 Å². The summed E-state index contributed by atoms with van der Waals surface area (Å²) in [4.78, 5) is 12.2. The molecule has 1 aromatic heterocycles. The van der Waals surface area contributed by atoms with Crippen LogP contribution in [0.1, 0.15) is 43.7 Å². The third kappa shape index (κ3) is 2.71. The van der Waals surface area contributed by atoms with Gasteiger partial charge in [0.05, 0.1) is 10.7 Å². The Labute approximate surface area is 104 Å². The summed E-state index contributed by atoms with van der Waals surface area (Å²) in [5.41, 5.74) is 6.12. The molecule has 0 spiro atoms. The number of nitrogens with zero attached hydrogens (tertiary/aromatic N) is 2. The number of hydrogen-bond acceptors (Lipinski definition) is 3. The second-order valence-corrected chi connectivity index (χ2v) is 5.08. The van der Waals surface area contributed by atoms with Crippen LogP contribution in [0, 0.1) is 5.92 Å². The minimum Gasteiger partial charge on any atom is -0.330 e. The van der Waals surface area contributed by atoms with E-state index in [9.17, 15) is 4.79 Å². The molecule has 0 aliphatic rings. The first-order chi connectivity index (χ1) is 7.49. The molecule has 2 N–H and O–H groups in total. The molecule has 0 bridgehead atoms. The first-order valence-electron chi connectivity index (χ1n) is 5.46. The van der Waals surface area contributed by atoms with Gasteiger partial charge in [0.1, 0.15) is 5.69 Å². The van der Waals surface area contributed by atoms with Crippen molar-refractivity contribution in [3.63, 3.8) is 0 Å². The Kier molecular flexibility index (Phi) is 4.68. The van der Waals surface area contributed by atoms with E-state index >= 15 is 0 Å². The molecule has 0 fully saturated rings. The normalized spacial score (nSPS) is 13.1. The molecule has 1 heterocycles. The second kappa shape index (κ2) is 5.59. The summed E-state index contributed by atoms with van der Waals surface area (Å²) in [7, 11) is 0. The van der Waals surface area contributed by atoms with Crippen molar-refractivity contribution in [3.8, 4) is 0 Å². The summed E-state index contributed by atoms with van der Waals surface area (Å²) in [6.45, 7) is 6.44. The highest BCUT2D eigenvalue weighted by Gasteiger charge is 2.23. The lowest BCUT2D eigenvalue weighted by Crippen LogP contribution is -2.20. The van der Waals surface area contributed by atoms with Gasteiger partial charge in [-0.25, -0.2) is 0 Å². The molecule has 1 aromatic rings. The Bertz CT molecular complexity index is 373. The molecular weight excluding hydrogens is 270 g/mol. The van der Waals surface area contributed by atoms with Crippen LogP contribution in [0.15, 0.2) is 10.7 Å². The molecular formula is C11H18BrN3O. The Morgan fingerprint density at radius 2 is 2.19 bits per heavy atom. The van der Waals surface area contributed by atoms with Gasteiger partial charge >= 0.3 is 0 Å². The molecule has 1 rings (SSSR count). The van der Waals surface area contributed by atoms with Crippen LogP contribution in [0.2, 0.25) is 0 Å². The number of nitrogens with two attached hydrogens (primary N) is 1. The van der Waals surface area contributed by atoms with Crippen molar-refractivity contribution in [3.05, 3.63) is 16.4 Å². The van der Waals surface area contributed by atoms with Crippen LogP contribution >= 0.6 is 15.9 Å². The van der Waals surface area contributed by atoms with Gasteiger partial charge in [0, 0.05) is 12.0 Å². The molecule has 0 saturated carbocycles. The molecule has 16 heavy (non-hydrogen) atoms. The van der Waals surface area contributed by atoms with Crippen LogP contribution in [0.3, 0.4) is 0 Å². The maximum Gasteiger partial charge on any atom is 0.184 e. The van der Waals surface area contributed by atoms with Crippen LogP contribution in [0.25, 0.3) is 0 Å². The minimum atomic E-state index is -0.0597. The smallest absolute Gasteiger partial charge is 0.184 e. The predicted octanol–water partition coefficient (Wildman–Crippen LogP) is 2.39. The van der Waals surface area contributed by atoms with Crippen molar-refractivity contribution in [2.75, 3.05) is 6.54 Å². The second-order valence-electron chi connectivity index (χ2n) is 4.22. The molecule has 1 atom stereocenters. The summed E-state index contributed by atoms with van der Waals surface area (Å²) in [6, 6.07) is 0.176. The lowest BCUT2D eigenvalue weighted by Gasteiger charge is -2.14. The van der Waals surface area contributed by atoms with Gasteiger partial charge in [-0.3, -0.25) is 9.48 Å². The summed E-state index contributed by atoms with van der Waals surface area (Å²) in [6.07, 6.45) is 2.37. The van der Waals surface area contributed by atoms with E-state index in [1.54, 1.807) is 10.9 Å². The number of carbonyl (C=O) groups is 1. The first kappa shape index (κ1) is 13.4. The Morgan fingerprint density at radius 3 is 2.69 bits per heavy atom. The summed E-state index contributed by atoms with van der Waals surface area (Å²) in [5, 5.41) is 4.20. The van der Waals surface area contributed by atoms with Crippen LogP contribution in [-0.2, 0) is 0 Å². The molecule has 0 saturated heterocycles. The number of ketones is 1. The Morgan fingerprint density at radius 1 is 1.56 bits per heavy atom. The standard InChI is InChI=1S/C11H18BrN3O/c1-7(2)15-10(9(12)6-14-15)11(16)8(3)4-5-13/h6-8H,4-5,13H2,1-3H3. The summed E-state index contributed by atoms with van der Waals surface area (Å²) < 4.78 is 2.51. The van der Waals surface area contributed by atoms with Gasteiger partial charge in [-0.05, 0) is 42.7 Å². The lowest BCUT2D eigenvalue weighted by atomic mass is 10.00. The SMILES string of the molecule is CC(CCN)C(=O)c1c(Br)cnn1C(C)C. The molecule has 4 nitrogen and oxygen atoms in total. The molecule has 1 unspecified atom stereocenters. The van der Waals surface area contributed by atoms with Crippen molar-refractivity contribution >= 4 is 21.7 Å². The van der Waals surface area contributed by atoms with E-state index in [4.69, 9.17) is 5.73 Å². The van der Waals surface area contributed by atoms with Crippen molar-refractivity contribution in [2.45, 2.75) is 33.2 Å². The topological polar surface area (TPSA) is 60.9 Å². The fourth-order valence-electron chi connectivity index (χ4n) is 1.58. The van der Waals surface area contributed by atoms with E-state index < -0.39 is 0 Å².